The van der Waals surface area contributed by atoms with Crippen molar-refractivity contribution in [2.45, 2.75) is 19.1 Å². The van der Waals surface area contributed by atoms with E-state index >= 15 is 0 Å². The quantitative estimate of drug-likeness (QED) is 0.294. The zero-order chi connectivity index (χ0) is 23.9. The Morgan fingerprint density at radius 1 is 1.09 bits per heavy atom. The maximum Gasteiger partial charge on any atom is 0.416 e. The second-order valence-corrected chi connectivity index (χ2v) is 7.27. The Hall–Kier alpha value is -4.15. The van der Waals surface area contributed by atoms with Gasteiger partial charge in [-0.2, -0.15) is 13.2 Å². The standard InChI is InChI=1S/C22H15F4N3O4/c23-14-6-13(22(24,25)26)3-1-12(14)9-29-15-4-2-11(5-18(32)33)21(28-10-30)20(15)19-16(29)7-27-8-17(19)31/h1-4,6-8,10,31H,5,9H2,(H,28,30)(H,32,33). The first-order valence-corrected chi connectivity index (χ1v) is 9.50. The van der Waals surface area contributed by atoms with E-state index in [9.17, 15) is 37.4 Å². The molecule has 0 saturated heterocycles. The van der Waals surface area contributed by atoms with Gasteiger partial charge in [0, 0.05) is 10.9 Å². The molecule has 4 aromatic rings. The number of benzene rings is 2. The summed E-state index contributed by atoms with van der Waals surface area (Å²) in [6.07, 6.45) is -2.23. The Bertz CT molecular complexity index is 1410. The van der Waals surface area contributed by atoms with Gasteiger partial charge in [-0.1, -0.05) is 12.1 Å². The van der Waals surface area contributed by atoms with E-state index in [0.717, 1.165) is 18.3 Å². The van der Waals surface area contributed by atoms with Crippen LogP contribution in [0.3, 0.4) is 0 Å². The number of carboxylic acid groups (broad SMARTS) is 1. The van der Waals surface area contributed by atoms with E-state index in [4.69, 9.17) is 0 Å². The van der Waals surface area contributed by atoms with Crippen LogP contribution in [0, 0.1) is 5.82 Å². The number of pyridine rings is 1. The molecule has 0 aliphatic rings. The lowest BCUT2D eigenvalue weighted by molar-refractivity contribution is -0.138. The number of nitrogens with zero attached hydrogens (tertiary/aromatic N) is 2. The number of alkyl halides is 3. The number of hydrogen-bond acceptors (Lipinski definition) is 4. The summed E-state index contributed by atoms with van der Waals surface area (Å²) in [5.74, 6) is -2.49. The summed E-state index contributed by atoms with van der Waals surface area (Å²) in [5.41, 5.74) is -0.0800. The molecule has 4 rings (SSSR count). The first-order valence-electron chi connectivity index (χ1n) is 9.50. The van der Waals surface area contributed by atoms with Gasteiger partial charge >= 0.3 is 12.1 Å². The summed E-state index contributed by atoms with van der Waals surface area (Å²) in [6, 6.07) is 5.20. The summed E-state index contributed by atoms with van der Waals surface area (Å²) in [4.78, 5) is 26.4. The molecule has 0 atom stereocenters. The minimum absolute atomic E-state index is 0.0512. The number of aliphatic carboxylic acids is 1. The third kappa shape index (κ3) is 3.93. The minimum atomic E-state index is -4.70. The van der Waals surface area contributed by atoms with E-state index in [1.165, 1.54) is 22.9 Å². The highest BCUT2D eigenvalue weighted by Gasteiger charge is 2.31. The largest absolute Gasteiger partial charge is 0.506 e. The van der Waals surface area contributed by atoms with Crippen LogP contribution in [-0.4, -0.2) is 32.1 Å². The van der Waals surface area contributed by atoms with Crippen molar-refractivity contribution in [2.24, 2.45) is 0 Å². The highest BCUT2D eigenvalue weighted by Crippen LogP contribution is 2.41. The molecule has 0 aliphatic carbocycles. The molecule has 0 bridgehead atoms. The molecular formula is C22H15F4N3O4. The van der Waals surface area contributed by atoms with Crippen LogP contribution in [0.25, 0.3) is 21.8 Å². The number of nitrogens with one attached hydrogen (secondary N) is 1. The van der Waals surface area contributed by atoms with Gasteiger partial charge < -0.3 is 20.1 Å². The Labute approximate surface area is 182 Å². The number of amides is 1. The lowest BCUT2D eigenvalue weighted by Gasteiger charge is -2.13. The second kappa shape index (κ2) is 8.08. The van der Waals surface area contributed by atoms with E-state index in [0.29, 0.717) is 28.9 Å². The zero-order valence-electron chi connectivity index (χ0n) is 16.7. The number of carbonyl (C=O) groups is 2. The molecular weight excluding hydrogens is 446 g/mol. The van der Waals surface area contributed by atoms with Crippen LogP contribution in [-0.2, 0) is 28.7 Å². The van der Waals surface area contributed by atoms with Crippen LogP contribution in [0.15, 0.2) is 42.7 Å². The zero-order valence-corrected chi connectivity index (χ0v) is 16.7. The van der Waals surface area contributed by atoms with E-state index in [2.05, 4.69) is 10.3 Å². The topological polar surface area (TPSA) is 104 Å². The van der Waals surface area contributed by atoms with Crippen molar-refractivity contribution in [3.8, 4) is 5.75 Å². The summed E-state index contributed by atoms with van der Waals surface area (Å²) >= 11 is 0. The number of hydrogen-bond donors (Lipinski definition) is 3. The minimum Gasteiger partial charge on any atom is -0.506 e. The van der Waals surface area contributed by atoms with Gasteiger partial charge in [0.1, 0.15) is 11.6 Å². The number of fused-ring (bicyclic) bond motifs is 3. The molecule has 0 saturated carbocycles. The predicted octanol–water partition coefficient (Wildman–Crippen LogP) is 4.30. The Morgan fingerprint density at radius 3 is 2.45 bits per heavy atom. The summed E-state index contributed by atoms with van der Waals surface area (Å²) < 4.78 is 54.8. The van der Waals surface area contributed by atoms with Gasteiger partial charge in [0.05, 0.1) is 53.0 Å². The molecule has 0 spiro atoms. The smallest absolute Gasteiger partial charge is 0.416 e. The first kappa shape index (κ1) is 22.1. The number of aromatic nitrogens is 2. The lowest BCUT2D eigenvalue weighted by atomic mass is 10.0. The van der Waals surface area contributed by atoms with Gasteiger partial charge in [-0.3, -0.25) is 14.6 Å². The third-order valence-electron chi connectivity index (χ3n) is 5.26. The van der Waals surface area contributed by atoms with Gasteiger partial charge in [-0.25, -0.2) is 4.39 Å². The highest BCUT2D eigenvalue weighted by atomic mass is 19.4. The van der Waals surface area contributed by atoms with Crippen LogP contribution < -0.4 is 5.32 Å². The molecule has 1 amide bonds. The fourth-order valence-corrected chi connectivity index (χ4v) is 3.87. The molecule has 0 fully saturated rings. The van der Waals surface area contributed by atoms with Crippen LogP contribution in [0.2, 0.25) is 0 Å². The first-order chi connectivity index (χ1) is 15.6. The van der Waals surface area contributed by atoms with E-state index in [1.54, 1.807) is 0 Å². The molecule has 33 heavy (non-hydrogen) atoms. The van der Waals surface area contributed by atoms with Gasteiger partial charge in [-0.05, 0) is 23.8 Å². The van der Waals surface area contributed by atoms with E-state index < -0.39 is 29.9 Å². The molecule has 2 heterocycles. The highest BCUT2D eigenvalue weighted by molar-refractivity contribution is 6.18. The van der Waals surface area contributed by atoms with Crippen molar-refractivity contribution in [1.29, 1.82) is 0 Å². The van der Waals surface area contributed by atoms with Crippen molar-refractivity contribution < 1.29 is 37.4 Å². The van der Waals surface area contributed by atoms with Crippen LogP contribution >= 0.6 is 0 Å². The lowest BCUT2D eigenvalue weighted by Crippen LogP contribution is -2.08. The number of anilines is 1. The van der Waals surface area contributed by atoms with Crippen molar-refractivity contribution in [3.05, 3.63) is 65.2 Å². The van der Waals surface area contributed by atoms with Crippen molar-refractivity contribution in [3.63, 3.8) is 0 Å². The second-order valence-electron chi connectivity index (χ2n) is 7.27. The van der Waals surface area contributed by atoms with Crippen LogP contribution in [0.5, 0.6) is 5.75 Å². The maximum atomic E-state index is 14.6. The summed E-state index contributed by atoms with van der Waals surface area (Å²) in [7, 11) is 0. The number of carbonyl (C=O) groups excluding carboxylic acids is 1. The predicted molar refractivity (Wildman–Crippen MR) is 110 cm³/mol. The van der Waals surface area contributed by atoms with Gasteiger partial charge in [0.2, 0.25) is 6.41 Å². The normalized spacial score (nSPS) is 11.8. The molecule has 170 valence electrons. The van der Waals surface area contributed by atoms with Crippen LogP contribution in [0.1, 0.15) is 16.7 Å². The van der Waals surface area contributed by atoms with Crippen molar-refractivity contribution in [1.82, 2.24) is 9.55 Å². The molecule has 0 aliphatic heterocycles. The summed E-state index contributed by atoms with van der Waals surface area (Å²) in [6.45, 7) is -0.214. The molecule has 7 nitrogen and oxygen atoms in total. The SMILES string of the molecule is O=CNc1c(CC(=O)O)ccc2c1c1c(O)cncc1n2Cc1ccc(C(F)(F)F)cc1F. The Kier molecular flexibility index (Phi) is 5.40. The average molecular weight is 461 g/mol. The molecule has 11 heteroatoms. The number of rotatable bonds is 6. The Balaban J connectivity index is 1.98. The van der Waals surface area contributed by atoms with Crippen molar-refractivity contribution >= 4 is 39.9 Å². The third-order valence-corrected chi connectivity index (χ3v) is 5.26. The molecule has 0 unspecified atom stereocenters. The van der Waals surface area contributed by atoms with Gasteiger partial charge in [0.15, 0.2) is 0 Å². The van der Waals surface area contributed by atoms with Gasteiger partial charge in [0.25, 0.3) is 0 Å². The molecule has 0 radical (unpaired) electrons. The average Bonchev–Trinajstić information content (AvgIpc) is 3.05. The molecule has 3 N–H and O–H groups in total. The molecule has 2 aromatic heterocycles. The fourth-order valence-electron chi connectivity index (χ4n) is 3.87. The Morgan fingerprint density at radius 2 is 1.82 bits per heavy atom. The monoisotopic (exact) mass is 461 g/mol. The number of aromatic hydroxyl groups is 1. The van der Waals surface area contributed by atoms with E-state index in [-0.39, 0.29) is 34.5 Å². The summed E-state index contributed by atoms with van der Waals surface area (Å²) in [5, 5.41) is 22.7. The maximum absolute atomic E-state index is 14.6. The van der Waals surface area contributed by atoms with E-state index in [1.807, 2.05) is 0 Å². The van der Waals surface area contributed by atoms with Crippen LogP contribution in [0.4, 0.5) is 23.2 Å². The van der Waals surface area contributed by atoms with Gasteiger partial charge in [-0.15, -0.1) is 0 Å². The number of halogens is 4. The fraction of sp³-hybridized carbons (Fsp3) is 0.136. The number of carboxylic acids is 1. The molecule has 2 aromatic carbocycles. The van der Waals surface area contributed by atoms with Crippen molar-refractivity contribution in [2.75, 3.05) is 5.32 Å².